The first-order valence-electron chi connectivity index (χ1n) is 4.43. The minimum absolute atomic E-state index is 0.0133. The monoisotopic (exact) mass is 353 g/mol. The Morgan fingerprint density at radius 3 is 2.40 bits per heavy atom. The van der Waals surface area contributed by atoms with Gasteiger partial charge in [-0.25, -0.2) is 0 Å². The maximum Gasteiger partial charge on any atom is 0.224 e. The van der Waals surface area contributed by atoms with Gasteiger partial charge in [-0.05, 0) is 24.6 Å². The van der Waals surface area contributed by atoms with Gasteiger partial charge in [-0.15, -0.1) is 11.6 Å². The molecule has 15 heavy (non-hydrogen) atoms. The zero-order valence-electron chi connectivity index (χ0n) is 7.90. The molecule has 0 spiro atoms. The van der Waals surface area contributed by atoms with Gasteiger partial charge < -0.3 is 5.32 Å². The largest absolute Gasteiger partial charge is 0.326 e. The van der Waals surface area contributed by atoms with E-state index >= 15 is 0 Å². The van der Waals surface area contributed by atoms with Gasteiger partial charge in [0.2, 0.25) is 5.91 Å². The number of benzene rings is 1. The molecule has 82 valence electrons. The number of halogens is 3. The lowest BCUT2D eigenvalue weighted by molar-refractivity contribution is -0.116. The van der Waals surface area contributed by atoms with Crippen LogP contribution in [0.3, 0.4) is 0 Å². The molecule has 2 nitrogen and oxygen atoms in total. The molecule has 0 radical (unpaired) electrons. The molecular weight excluding hydrogens is 345 g/mol. The van der Waals surface area contributed by atoms with E-state index < -0.39 is 0 Å². The van der Waals surface area contributed by atoms with Crippen LogP contribution in [0.15, 0.2) is 27.1 Å². The molecule has 1 N–H and O–H groups in total. The normalized spacial score (nSPS) is 10.1. The van der Waals surface area contributed by atoms with Crippen LogP contribution in [-0.2, 0) is 4.79 Å². The minimum Gasteiger partial charge on any atom is -0.326 e. The molecule has 0 atom stereocenters. The molecule has 1 amide bonds. The number of hydrogen-bond donors (Lipinski definition) is 1. The van der Waals surface area contributed by atoms with E-state index in [1.165, 1.54) is 0 Å². The Morgan fingerprint density at radius 2 is 1.87 bits per heavy atom. The number of hydrogen-bond acceptors (Lipinski definition) is 1. The summed E-state index contributed by atoms with van der Waals surface area (Å²) in [6.45, 7) is 0. The summed E-state index contributed by atoms with van der Waals surface area (Å²) in [4.78, 5) is 11.4. The van der Waals surface area contributed by atoms with Gasteiger partial charge in [0.25, 0.3) is 0 Å². The number of carbonyl (C=O) groups is 1. The van der Waals surface area contributed by atoms with Crippen LogP contribution < -0.4 is 5.32 Å². The molecule has 0 fully saturated rings. The fraction of sp³-hybridized carbons (Fsp3) is 0.300. The number of alkyl halides is 1. The Kier molecular flexibility index (Phi) is 5.64. The lowest BCUT2D eigenvalue weighted by atomic mass is 10.3. The molecule has 0 aliphatic rings. The van der Waals surface area contributed by atoms with Gasteiger partial charge in [-0.1, -0.05) is 31.9 Å². The number of rotatable bonds is 4. The van der Waals surface area contributed by atoms with Crippen molar-refractivity contribution in [2.45, 2.75) is 12.8 Å². The van der Waals surface area contributed by atoms with Crippen LogP contribution in [-0.4, -0.2) is 11.8 Å². The Bertz CT molecular complexity index is 337. The van der Waals surface area contributed by atoms with Crippen LogP contribution in [0.1, 0.15) is 12.8 Å². The molecule has 1 aromatic carbocycles. The summed E-state index contributed by atoms with van der Waals surface area (Å²) in [5.41, 5.74) is 0.774. The van der Waals surface area contributed by atoms with Crippen molar-refractivity contribution in [1.82, 2.24) is 0 Å². The van der Waals surface area contributed by atoms with E-state index in [2.05, 4.69) is 37.2 Å². The van der Waals surface area contributed by atoms with Gasteiger partial charge in [-0.2, -0.15) is 0 Å². The van der Waals surface area contributed by atoms with E-state index in [1.54, 1.807) is 0 Å². The Balaban J connectivity index is 2.60. The number of carbonyl (C=O) groups excluding carboxylic acids is 1. The minimum atomic E-state index is -0.0133. The van der Waals surface area contributed by atoms with Gasteiger partial charge in [0.15, 0.2) is 0 Å². The average molecular weight is 355 g/mol. The molecular formula is C10H10Br2ClNO. The molecule has 1 aromatic rings. The first kappa shape index (κ1) is 13.0. The Hall–Kier alpha value is -0.0600. The van der Waals surface area contributed by atoms with Crippen molar-refractivity contribution in [3.8, 4) is 0 Å². The summed E-state index contributed by atoms with van der Waals surface area (Å²) >= 11 is 12.2. The highest BCUT2D eigenvalue weighted by atomic mass is 79.9. The molecule has 0 saturated carbocycles. The van der Waals surface area contributed by atoms with Crippen molar-refractivity contribution in [3.05, 3.63) is 27.1 Å². The highest BCUT2D eigenvalue weighted by molar-refractivity contribution is 9.11. The quantitative estimate of drug-likeness (QED) is 0.807. The zero-order valence-corrected chi connectivity index (χ0v) is 11.8. The molecule has 0 heterocycles. The summed E-state index contributed by atoms with van der Waals surface area (Å²) in [6, 6.07) is 5.61. The molecule has 0 aliphatic carbocycles. The highest BCUT2D eigenvalue weighted by Crippen LogP contribution is 2.23. The van der Waals surface area contributed by atoms with E-state index in [4.69, 9.17) is 11.6 Å². The van der Waals surface area contributed by atoms with E-state index in [-0.39, 0.29) is 5.91 Å². The van der Waals surface area contributed by atoms with Crippen molar-refractivity contribution in [3.63, 3.8) is 0 Å². The molecule has 0 saturated heterocycles. The molecule has 5 heteroatoms. The Labute approximate surface area is 111 Å². The first-order chi connectivity index (χ1) is 7.11. The second kappa shape index (κ2) is 6.51. The topological polar surface area (TPSA) is 29.1 Å². The van der Waals surface area contributed by atoms with Crippen molar-refractivity contribution in [2.24, 2.45) is 0 Å². The second-order valence-corrected chi connectivity index (χ2v) is 5.21. The van der Waals surface area contributed by atoms with Gasteiger partial charge >= 0.3 is 0 Å². The van der Waals surface area contributed by atoms with Gasteiger partial charge in [0.05, 0.1) is 0 Å². The molecule has 0 bridgehead atoms. The standard InChI is InChI=1S/C10H10Br2ClNO/c11-7-4-8(12)6-9(5-7)14-10(15)2-1-3-13/h4-6H,1-3H2,(H,14,15). The summed E-state index contributed by atoms with van der Waals surface area (Å²) in [5, 5.41) is 2.80. The van der Waals surface area contributed by atoms with Gasteiger partial charge in [0.1, 0.15) is 0 Å². The fourth-order valence-corrected chi connectivity index (χ4v) is 2.50. The maximum absolute atomic E-state index is 11.4. The third-order valence-electron chi connectivity index (χ3n) is 1.68. The zero-order chi connectivity index (χ0) is 11.3. The highest BCUT2D eigenvalue weighted by Gasteiger charge is 2.03. The number of anilines is 1. The van der Waals surface area contributed by atoms with Crippen LogP contribution in [0.5, 0.6) is 0 Å². The van der Waals surface area contributed by atoms with Crippen LogP contribution in [0.2, 0.25) is 0 Å². The summed E-state index contributed by atoms with van der Waals surface area (Å²) < 4.78 is 1.84. The van der Waals surface area contributed by atoms with Crippen molar-refractivity contribution in [1.29, 1.82) is 0 Å². The van der Waals surface area contributed by atoms with Crippen LogP contribution in [0, 0.1) is 0 Å². The number of nitrogens with one attached hydrogen (secondary N) is 1. The third-order valence-corrected chi connectivity index (χ3v) is 2.87. The Morgan fingerprint density at radius 1 is 1.27 bits per heavy atom. The second-order valence-electron chi connectivity index (χ2n) is 3.00. The summed E-state index contributed by atoms with van der Waals surface area (Å²) in [6.07, 6.45) is 1.15. The van der Waals surface area contributed by atoms with Crippen LogP contribution >= 0.6 is 43.5 Å². The first-order valence-corrected chi connectivity index (χ1v) is 6.56. The molecule has 1 rings (SSSR count). The van der Waals surface area contributed by atoms with E-state index in [0.717, 1.165) is 14.6 Å². The third kappa shape index (κ3) is 5.00. The lowest BCUT2D eigenvalue weighted by Gasteiger charge is -2.05. The lowest BCUT2D eigenvalue weighted by Crippen LogP contribution is -2.11. The smallest absolute Gasteiger partial charge is 0.224 e. The SMILES string of the molecule is O=C(CCCCl)Nc1cc(Br)cc(Br)c1. The van der Waals surface area contributed by atoms with Crippen molar-refractivity contribution >= 4 is 55.1 Å². The van der Waals surface area contributed by atoms with Crippen LogP contribution in [0.4, 0.5) is 5.69 Å². The molecule has 0 unspecified atom stereocenters. The van der Waals surface area contributed by atoms with E-state index in [0.29, 0.717) is 18.7 Å². The van der Waals surface area contributed by atoms with E-state index in [9.17, 15) is 4.79 Å². The summed E-state index contributed by atoms with van der Waals surface area (Å²) in [5.74, 6) is 0.496. The van der Waals surface area contributed by atoms with Gasteiger partial charge in [0, 0.05) is 26.9 Å². The van der Waals surface area contributed by atoms with E-state index in [1.807, 2.05) is 18.2 Å². The predicted octanol–water partition coefficient (Wildman–Crippen LogP) is 4.17. The average Bonchev–Trinajstić information content (AvgIpc) is 2.13. The van der Waals surface area contributed by atoms with Gasteiger partial charge in [-0.3, -0.25) is 4.79 Å². The van der Waals surface area contributed by atoms with Crippen LogP contribution in [0.25, 0.3) is 0 Å². The van der Waals surface area contributed by atoms with Crippen molar-refractivity contribution < 1.29 is 4.79 Å². The fourth-order valence-electron chi connectivity index (χ4n) is 1.08. The number of amides is 1. The molecule has 0 aliphatic heterocycles. The molecule has 0 aromatic heterocycles. The maximum atomic E-state index is 11.4. The van der Waals surface area contributed by atoms with Crippen molar-refractivity contribution in [2.75, 3.05) is 11.2 Å². The summed E-state index contributed by atoms with van der Waals surface area (Å²) in [7, 11) is 0. The predicted molar refractivity (Wildman–Crippen MR) is 70.4 cm³/mol.